The van der Waals surface area contributed by atoms with Gasteiger partial charge in [-0.1, -0.05) is 17.8 Å². The van der Waals surface area contributed by atoms with Gasteiger partial charge in [-0.3, -0.25) is 9.59 Å². The van der Waals surface area contributed by atoms with Crippen LogP contribution >= 0.6 is 11.8 Å². The summed E-state index contributed by atoms with van der Waals surface area (Å²) >= 11 is 0.981. The van der Waals surface area contributed by atoms with Crippen LogP contribution in [0.2, 0.25) is 0 Å². The molecule has 3 aliphatic rings. The molecule has 2 aromatic rings. The third-order valence-corrected chi connectivity index (χ3v) is 7.09. The Bertz CT molecular complexity index is 1220. The fourth-order valence-corrected chi connectivity index (χ4v) is 5.69. The van der Waals surface area contributed by atoms with Crippen molar-refractivity contribution in [3.05, 3.63) is 52.6 Å². The molecule has 2 aromatic carbocycles. The minimum absolute atomic E-state index is 0.0877. The number of hydrogen-bond donors (Lipinski definition) is 2. The molecule has 32 heavy (non-hydrogen) atoms. The molecule has 10 heteroatoms. The molecule has 3 heterocycles. The number of anilines is 1. The fraction of sp³-hybridized carbons (Fsp3) is 0.227. The molecule has 5 rings (SSSR count). The van der Waals surface area contributed by atoms with Gasteiger partial charge < -0.3 is 25.1 Å². The second-order valence-electron chi connectivity index (χ2n) is 7.48. The lowest BCUT2D eigenvalue weighted by Crippen LogP contribution is -2.39. The van der Waals surface area contributed by atoms with Crippen LogP contribution in [0.15, 0.2) is 47.0 Å². The summed E-state index contributed by atoms with van der Waals surface area (Å²) in [6.07, 6.45) is 0. The quantitative estimate of drug-likeness (QED) is 0.406. The highest BCUT2D eigenvalue weighted by atomic mass is 32.2. The average molecular weight is 454 g/mol. The standard InChI is InChI=1S/C22H18N2O7S/c1-29-10-4-6-13(30-2)12(8-10)24-20(26)16-15-11-5-3-9(25)7-14(11)31-22(28)17(15)19(23)32-18(16)21(24)27/h3-8,15-16,18,25H,23H2,1-2H3/t15-,16-,18+/m1/s1. The number of aromatic hydroxyl groups is 1. The predicted octanol–water partition coefficient (Wildman–Crippen LogP) is 1.89. The van der Waals surface area contributed by atoms with E-state index in [2.05, 4.69) is 0 Å². The number of ether oxygens (including phenoxy) is 3. The van der Waals surface area contributed by atoms with Crippen molar-refractivity contribution in [1.82, 2.24) is 0 Å². The van der Waals surface area contributed by atoms with Gasteiger partial charge in [-0.05, 0) is 18.2 Å². The number of phenolic OH excluding ortho intramolecular Hbond substituents is 1. The molecule has 0 saturated carbocycles. The monoisotopic (exact) mass is 454 g/mol. The third-order valence-electron chi connectivity index (χ3n) is 5.87. The summed E-state index contributed by atoms with van der Waals surface area (Å²) in [5, 5.41) is 9.12. The Morgan fingerprint density at radius 2 is 1.84 bits per heavy atom. The van der Waals surface area contributed by atoms with Crippen LogP contribution in [0.1, 0.15) is 11.5 Å². The Labute approximate surface area is 186 Å². The SMILES string of the molecule is COc1ccc(OC)c(N2C(=O)[C@H]3[C@H](SC(N)=C4C(=O)Oc5cc(O)ccc5[C@@H]43)C2=O)c1. The second kappa shape index (κ2) is 7.20. The molecule has 164 valence electrons. The highest BCUT2D eigenvalue weighted by Crippen LogP contribution is 2.55. The Morgan fingerprint density at radius 1 is 1.06 bits per heavy atom. The molecule has 1 saturated heterocycles. The van der Waals surface area contributed by atoms with Crippen molar-refractivity contribution in [2.45, 2.75) is 11.2 Å². The van der Waals surface area contributed by atoms with Crippen LogP contribution in [-0.2, 0) is 14.4 Å². The van der Waals surface area contributed by atoms with Gasteiger partial charge >= 0.3 is 5.97 Å². The van der Waals surface area contributed by atoms with E-state index in [1.807, 2.05) is 0 Å². The van der Waals surface area contributed by atoms with Gasteiger partial charge in [0.05, 0.1) is 36.4 Å². The number of phenols is 1. The lowest BCUT2D eigenvalue weighted by molar-refractivity contribution is -0.131. The number of nitrogens with two attached hydrogens (primary N) is 1. The van der Waals surface area contributed by atoms with Gasteiger partial charge in [0.15, 0.2) is 0 Å². The molecule has 3 atom stereocenters. The maximum atomic E-state index is 13.7. The first kappa shape index (κ1) is 20.3. The van der Waals surface area contributed by atoms with Gasteiger partial charge in [-0.25, -0.2) is 9.69 Å². The van der Waals surface area contributed by atoms with E-state index in [1.165, 1.54) is 26.4 Å². The number of carbonyl (C=O) groups is 3. The summed E-state index contributed by atoms with van der Waals surface area (Å²) in [6.45, 7) is 0. The fourth-order valence-electron chi connectivity index (χ4n) is 4.45. The summed E-state index contributed by atoms with van der Waals surface area (Å²) in [4.78, 5) is 40.9. The Hall–Kier alpha value is -3.66. The summed E-state index contributed by atoms with van der Waals surface area (Å²) in [6, 6.07) is 9.14. The molecule has 3 aliphatic heterocycles. The highest BCUT2D eigenvalue weighted by molar-refractivity contribution is 8.04. The van der Waals surface area contributed by atoms with E-state index in [4.69, 9.17) is 19.9 Å². The van der Waals surface area contributed by atoms with E-state index >= 15 is 0 Å². The van der Waals surface area contributed by atoms with Crippen molar-refractivity contribution in [3.8, 4) is 23.0 Å². The number of methoxy groups -OCH3 is 2. The Morgan fingerprint density at radius 3 is 2.56 bits per heavy atom. The highest BCUT2D eigenvalue weighted by Gasteiger charge is 2.59. The number of hydrogen-bond acceptors (Lipinski definition) is 9. The zero-order valence-electron chi connectivity index (χ0n) is 17.0. The molecule has 0 radical (unpaired) electrons. The number of fused-ring (bicyclic) bond motifs is 5. The summed E-state index contributed by atoms with van der Waals surface area (Å²) in [5.41, 5.74) is 7.09. The molecule has 2 amide bonds. The molecule has 9 nitrogen and oxygen atoms in total. The van der Waals surface area contributed by atoms with Crippen LogP contribution in [0.4, 0.5) is 5.69 Å². The Balaban J connectivity index is 1.66. The topological polar surface area (TPSA) is 128 Å². The molecule has 0 aromatic heterocycles. The molecule has 0 aliphatic carbocycles. The minimum atomic E-state index is -0.887. The van der Waals surface area contributed by atoms with Crippen LogP contribution in [-0.4, -0.2) is 42.4 Å². The maximum Gasteiger partial charge on any atom is 0.342 e. The number of esters is 1. The minimum Gasteiger partial charge on any atom is -0.508 e. The van der Waals surface area contributed by atoms with E-state index in [0.29, 0.717) is 17.1 Å². The van der Waals surface area contributed by atoms with Crippen molar-refractivity contribution in [2.24, 2.45) is 11.7 Å². The van der Waals surface area contributed by atoms with Crippen LogP contribution in [0.3, 0.4) is 0 Å². The van der Waals surface area contributed by atoms with Gasteiger partial charge in [-0.15, -0.1) is 0 Å². The first-order valence-corrected chi connectivity index (χ1v) is 10.5. The molecular formula is C22H18N2O7S. The molecular weight excluding hydrogens is 436 g/mol. The molecule has 0 bridgehead atoms. The molecule has 3 N–H and O–H groups in total. The van der Waals surface area contributed by atoms with Gasteiger partial charge in [0.2, 0.25) is 11.8 Å². The van der Waals surface area contributed by atoms with Crippen molar-refractivity contribution in [1.29, 1.82) is 0 Å². The number of benzene rings is 2. The molecule has 0 unspecified atom stereocenters. The predicted molar refractivity (Wildman–Crippen MR) is 115 cm³/mol. The van der Waals surface area contributed by atoms with E-state index in [0.717, 1.165) is 16.7 Å². The number of rotatable bonds is 3. The number of thioether (sulfide) groups is 1. The first-order valence-electron chi connectivity index (χ1n) is 9.67. The number of amides is 2. The van der Waals surface area contributed by atoms with E-state index in [1.54, 1.807) is 24.3 Å². The first-order chi connectivity index (χ1) is 15.3. The zero-order chi connectivity index (χ0) is 22.7. The van der Waals surface area contributed by atoms with Crippen molar-refractivity contribution in [3.63, 3.8) is 0 Å². The normalized spacial score (nSPS) is 24.0. The van der Waals surface area contributed by atoms with Gasteiger partial charge in [0.25, 0.3) is 0 Å². The largest absolute Gasteiger partial charge is 0.508 e. The lowest BCUT2D eigenvalue weighted by atomic mass is 9.77. The van der Waals surface area contributed by atoms with Crippen molar-refractivity contribution in [2.75, 3.05) is 19.1 Å². The van der Waals surface area contributed by atoms with Gasteiger partial charge in [-0.2, -0.15) is 0 Å². The maximum absolute atomic E-state index is 13.7. The number of carbonyl (C=O) groups excluding carboxylic acids is 3. The van der Waals surface area contributed by atoms with Crippen LogP contribution in [0, 0.1) is 5.92 Å². The zero-order valence-corrected chi connectivity index (χ0v) is 17.8. The average Bonchev–Trinajstić information content (AvgIpc) is 3.02. The van der Waals surface area contributed by atoms with Gasteiger partial charge in [0.1, 0.15) is 28.2 Å². The van der Waals surface area contributed by atoms with Crippen LogP contribution in [0.25, 0.3) is 0 Å². The lowest BCUT2D eigenvalue weighted by Gasteiger charge is -2.36. The van der Waals surface area contributed by atoms with Crippen LogP contribution in [0.5, 0.6) is 23.0 Å². The van der Waals surface area contributed by atoms with Crippen molar-refractivity contribution >= 4 is 35.2 Å². The molecule has 0 spiro atoms. The third kappa shape index (κ3) is 2.76. The van der Waals surface area contributed by atoms with Crippen molar-refractivity contribution < 1.29 is 33.7 Å². The number of nitrogens with zero attached hydrogens (tertiary/aromatic N) is 1. The summed E-state index contributed by atoms with van der Waals surface area (Å²) in [7, 11) is 2.92. The second-order valence-corrected chi connectivity index (χ2v) is 8.66. The Kier molecular flexibility index (Phi) is 4.55. The van der Waals surface area contributed by atoms with E-state index in [-0.39, 0.29) is 27.8 Å². The smallest absolute Gasteiger partial charge is 0.342 e. The van der Waals surface area contributed by atoms with Gasteiger partial charge in [0, 0.05) is 23.6 Å². The molecule has 1 fully saturated rings. The van der Waals surface area contributed by atoms with Crippen LogP contribution < -0.4 is 24.8 Å². The van der Waals surface area contributed by atoms with E-state index < -0.39 is 34.9 Å². The van der Waals surface area contributed by atoms with E-state index in [9.17, 15) is 19.5 Å². The number of imide groups is 1. The summed E-state index contributed by atoms with van der Waals surface area (Å²) in [5.74, 6) is -2.49. The summed E-state index contributed by atoms with van der Waals surface area (Å²) < 4.78 is 16.0.